The van der Waals surface area contributed by atoms with Crippen LogP contribution in [-0.2, 0) is 26.2 Å². The minimum Gasteiger partial charge on any atom is -0.355 e. The van der Waals surface area contributed by atoms with Crippen molar-refractivity contribution in [2.75, 3.05) is 20.1 Å². The summed E-state index contributed by atoms with van der Waals surface area (Å²) in [5, 5.41) is 4.98. The molecule has 0 heterocycles. The fourth-order valence-corrected chi connectivity index (χ4v) is 4.85. The van der Waals surface area contributed by atoms with Crippen molar-refractivity contribution >= 4 is 44.2 Å². The molecule has 3 aromatic rings. The van der Waals surface area contributed by atoms with Crippen LogP contribution in [-0.4, -0.2) is 55.6 Å². The van der Waals surface area contributed by atoms with Crippen molar-refractivity contribution in [1.29, 1.82) is 0 Å². The van der Waals surface area contributed by atoms with Gasteiger partial charge < -0.3 is 10.2 Å². The van der Waals surface area contributed by atoms with Crippen LogP contribution in [0, 0.1) is 0 Å². The first kappa shape index (κ1) is 25.7. The highest BCUT2D eigenvalue weighted by Crippen LogP contribution is 2.22. The summed E-state index contributed by atoms with van der Waals surface area (Å²) in [6, 6.07) is 18.5. The van der Waals surface area contributed by atoms with E-state index in [1.54, 1.807) is 50.2 Å². The Morgan fingerprint density at radius 1 is 1.00 bits per heavy atom. The van der Waals surface area contributed by atoms with Crippen molar-refractivity contribution in [1.82, 2.24) is 14.5 Å². The lowest BCUT2D eigenvalue weighted by Gasteiger charge is -2.30. The van der Waals surface area contributed by atoms with Crippen LogP contribution in [0.1, 0.15) is 19.4 Å². The Hall–Kier alpha value is -2.94. The van der Waals surface area contributed by atoms with Gasteiger partial charge in [0.2, 0.25) is 21.8 Å². The van der Waals surface area contributed by atoms with E-state index in [-0.39, 0.29) is 17.3 Å². The van der Waals surface area contributed by atoms with E-state index >= 15 is 0 Å². The van der Waals surface area contributed by atoms with E-state index in [4.69, 9.17) is 11.6 Å². The van der Waals surface area contributed by atoms with Gasteiger partial charge in [-0.15, -0.1) is 0 Å². The third-order valence-electron chi connectivity index (χ3n) is 5.57. The van der Waals surface area contributed by atoms with Gasteiger partial charge in [-0.05, 0) is 54.4 Å². The van der Waals surface area contributed by atoms with Crippen LogP contribution in [0.25, 0.3) is 10.8 Å². The molecule has 0 saturated carbocycles. The number of rotatable bonds is 9. The summed E-state index contributed by atoms with van der Waals surface area (Å²) < 4.78 is 27.4. The highest BCUT2D eigenvalue weighted by molar-refractivity contribution is 7.89. The van der Waals surface area contributed by atoms with Crippen LogP contribution in [0.3, 0.4) is 0 Å². The molecule has 0 aliphatic heterocycles. The van der Waals surface area contributed by atoms with E-state index in [0.717, 1.165) is 20.6 Å². The molecule has 0 aromatic heterocycles. The van der Waals surface area contributed by atoms with E-state index in [0.29, 0.717) is 11.6 Å². The summed E-state index contributed by atoms with van der Waals surface area (Å²) in [4.78, 5) is 27.3. The van der Waals surface area contributed by atoms with Gasteiger partial charge in [-0.3, -0.25) is 9.59 Å². The lowest BCUT2D eigenvalue weighted by Crippen LogP contribution is -2.50. The molecule has 0 aliphatic carbocycles. The van der Waals surface area contributed by atoms with E-state index in [2.05, 4.69) is 5.32 Å². The molecule has 0 spiro atoms. The summed E-state index contributed by atoms with van der Waals surface area (Å²) in [5.41, 5.74) is 0.772. The zero-order valence-corrected chi connectivity index (χ0v) is 20.9. The number of carbonyl (C=O) groups excluding carboxylic acids is 2. The Bertz CT molecular complexity index is 1280. The third-order valence-corrected chi connectivity index (χ3v) is 7.62. The van der Waals surface area contributed by atoms with Gasteiger partial charge in [0, 0.05) is 25.2 Å². The zero-order valence-electron chi connectivity index (χ0n) is 19.4. The molecule has 0 bridgehead atoms. The molecular formula is C25H28ClN3O4S. The van der Waals surface area contributed by atoms with Crippen LogP contribution in [0.4, 0.5) is 0 Å². The molecule has 3 rings (SSSR count). The van der Waals surface area contributed by atoms with Crippen molar-refractivity contribution in [2.24, 2.45) is 0 Å². The quantitative estimate of drug-likeness (QED) is 0.484. The van der Waals surface area contributed by atoms with Crippen molar-refractivity contribution in [3.05, 3.63) is 77.3 Å². The van der Waals surface area contributed by atoms with Gasteiger partial charge in [0.1, 0.15) is 6.04 Å². The number of halogens is 1. The third kappa shape index (κ3) is 5.94. The highest BCUT2D eigenvalue weighted by Gasteiger charge is 2.30. The normalized spacial score (nSPS) is 12.5. The van der Waals surface area contributed by atoms with Crippen LogP contribution < -0.4 is 5.32 Å². The van der Waals surface area contributed by atoms with Gasteiger partial charge in [0.15, 0.2) is 0 Å². The van der Waals surface area contributed by atoms with Crippen LogP contribution >= 0.6 is 11.6 Å². The van der Waals surface area contributed by atoms with Gasteiger partial charge >= 0.3 is 0 Å². The first-order chi connectivity index (χ1) is 16.1. The highest BCUT2D eigenvalue weighted by atomic mass is 35.5. The predicted molar refractivity (Wildman–Crippen MR) is 134 cm³/mol. The molecular weight excluding hydrogens is 474 g/mol. The molecule has 34 heavy (non-hydrogen) atoms. The average Bonchev–Trinajstić information content (AvgIpc) is 2.82. The number of carbonyl (C=O) groups is 2. The topological polar surface area (TPSA) is 86.8 Å². The van der Waals surface area contributed by atoms with Crippen LogP contribution in [0.15, 0.2) is 71.6 Å². The number of nitrogens with one attached hydrogen (secondary N) is 1. The number of hydrogen-bond donors (Lipinski definition) is 1. The van der Waals surface area contributed by atoms with Crippen LogP contribution in [0.5, 0.6) is 0 Å². The molecule has 7 nitrogen and oxygen atoms in total. The molecule has 0 aliphatic rings. The lowest BCUT2D eigenvalue weighted by molar-refractivity contribution is -0.140. The number of likely N-dealkylation sites (N-methyl/N-ethyl adjacent to an activating group) is 2. The van der Waals surface area contributed by atoms with Gasteiger partial charge in [0.05, 0.1) is 11.4 Å². The first-order valence-electron chi connectivity index (χ1n) is 10.9. The van der Waals surface area contributed by atoms with Gasteiger partial charge in [-0.1, -0.05) is 54.1 Å². The molecule has 0 saturated heterocycles. The number of nitrogens with zero attached hydrogens (tertiary/aromatic N) is 2. The molecule has 1 atom stereocenters. The Balaban J connectivity index is 1.84. The number of benzene rings is 3. The molecule has 0 unspecified atom stereocenters. The zero-order chi connectivity index (χ0) is 24.9. The maximum absolute atomic E-state index is 13.3. The smallest absolute Gasteiger partial charge is 0.243 e. The van der Waals surface area contributed by atoms with Crippen LogP contribution in [0.2, 0.25) is 5.02 Å². The minimum atomic E-state index is -3.93. The SMILES string of the molecule is CCNC(=O)[C@H](C)N(Cc1ccc(Cl)cc1)C(=O)CN(C)S(=O)(=O)c1ccc2ccccc2c1. The predicted octanol–water partition coefficient (Wildman–Crippen LogP) is 3.67. The number of fused-ring (bicyclic) bond motifs is 1. The lowest BCUT2D eigenvalue weighted by atomic mass is 10.1. The number of hydrogen-bond acceptors (Lipinski definition) is 4. The van der Waals surface area contributed by atoms with E-state index in [1.165, 1.54) is 18.0 Å². The van der Waals surface area contributed by atoms with E-state index in [1.807, 2.05) is 24.3 Å². The van der Waals surface area contributed by atoms with Crippen molar-refractivity contribution < 1.29 is 18.0 Å². The summed E-state index contributed by atoms with van der Waals surface area (Å²) >= 11 is 5.96. The summed E-state index contributed by atoms with van der Waals surface area (Å²) in [6.45, 7) is 3.56. The second-order valence-corrected chi connectivity index (χ2v) is 10.5. The molecule has 3 aromatic carbocycles. The molecule has 1 N–H and O–H groups in total. The van der Waals surface area contributed by atoms with Gasteiger partial charge in [0.25, 0.3) is 0 Å². The molecule has 9 heteroatoms. The molecule has 180 valence electrons. The van der Waals surface area contributed by atoms with Crippen molar-refractivity contribution in [2.45, 2.75) is 31.3 Å². The largest absolute Gasteiger partial charge is 0.355 e. The molecule has 0 radical (unpaired) electrons. The summed E-state index contributed by atoms with van der Waals surface area (Å²) in [7, 11) is -2.57. The van der Waals surface area contributed by atoms with E-state index < -0.39 is 28.5 Å². The van der Waals surface area contributed by atoms with Gasteiger partial charge in [-0.25, -0.2) is 8.42 Å². The van der Waals surface area contributed by atoms with Crippen molar-refractivity contribution in [3.63, 3.8) is 0 Å². The maximum atomic E-state index is 13.3. The first-order valence-corrected chi connectivity index (χ1v) is 12.7. The Kier molecular flexibility index (Phi) is 8.30. The molecule has 2 amide bonds. The maximum Gasteiger partial charge on any atom is 0.243 e. The standard InChI is InChI=1S/C25H28ClN3O4S/c1-4-27-25(31)18(2)29(16-19-9-12-22(26)13-10-19)24(30)17-28(3)34(32,33)23-14-11-20-7-5-6-8-21(20)15-23/h5-15,18H,4,16-17H2,1-3H3,(H,27,31)/t18-/m0/s1. The average molecular weight is 502 g/mol. The van der Waals surface area contributed by atoms with E-state index in [9.17, 15) is 18.0 Å². The Morgan fingerprint density at radius 2 is 1.65 bits per heavy atom. The number of sulfonamides is 1. The fraction of sp³-hybridized carbons (Fsp3) is 0.280. The second-order valence-electron chi connectivity index (χ2n) is 7.99. The molecule has 0 fully saturated rings. The number of amides is 2. The summed E-state index contributed by atoms with van der Waals surface area (Å²) in [5.74, 6) is -0.801. The Morgan fingerprint density at radius 3 is 2.29 bits per heavy atom. The summed E-state index contributed by atoms with van der Waals surface area (Å²) in [6.07, 6.45) is 0. The fourth-order valence-electron chi connectivity index (χ4n) is 3.57. The van der Waals surface area contributed by atoms with Gasteiger partial charge in [-0.2, -0.15) is 4.31 Å². The monoisotopic (exact) mass is 501 g/mol. The Labute approximate surface area is 205 Å². The van der Waals surface area contributed by atoms with Crippen molar-refractivity contribution in [3.8, 4) is 0 Å². The second kappa shape index (κ2) is 11.0. The minimum absolute atomic E-state index is 0.0996.